The monoisotopic (exact) mass is 283 g/mol. The van der Waals surface area contributed by atoms with Gasteiger partial charge in [0.2, 0.25) is 0 Å². The number of hydrogen-bond acceptors (Lipinski definition) is 4. The maximum absolute atomic E-state index is 6.15. The summed E-state index contributed by atoms with van der Waals surface area (Å²) in [5.41, 5.74) is 9.42. The lowest BCUT2D eigenvalue weighted by molar-refractivity contribution is 0.340. The standard InChI is InChI=1S/C17H21N3O/c1-2-21-13-10-8-12(9-11-13)17-19-15-7-5-3-4-6-14(15)16(18)20-17/h8-11H,2-7H2,1H3,(H2,18,19,20). The Morgan fingerprint density at radius 3 is 2.57 bits per heavy atom. The second-order valence-corrected chi connectivity index (χ2v) is 5.38. The van der Waals surface area contributed by atoms with Gasteiger partial charge < -0.3 is 10.5 Å². The Balaban J connectivity index is 1.95. The fourth-order valence-electron chi connectivity index (χ4n) is 2.80. The van der Waals surface area contributed by atoms with Gasteiger partial charge in [0.25, 0.3) is 0 Å². The van der Waals surface area contributed by atoms with Gasteiger partial charge in [0.15, 0.2) is 5.82 Å². The third-order valence-electron chi connectivity index (χ3n) is 3.89. The molecule has 1 aromatic carbocycles. The second kappa shape index (κ2) is 6.12. The minimum Gasteiger partial charge on any atom is -0.494 e. The molecular weight excluding hydrogens is 262 g/mol. The molecule has 1 aromatic heterocycles. The Kier molecular flexibility index (Phi) is 4.04. The van der Waals surface area contributed by atoms with Gasteiger partial charge >= 0.3 is 0 Å². The van der Waals surface area contributed by atoms with Crippen LogP contribution in [-0.4, -0.2) is 16.6 Å². The summed E-state index contributed by atoms with van der Waals surface area (Å²) in [5.74, 6) is 2.23. The van der Waals surface area contributed by atoms with Crippen molar-refractivity contribution in [2.75, 3.05) is 12.3 Å². The Morgan fingerprint density at radius 1 is 1.05 bits per heavy atom. The highest BCUT2D eigenvalue weighted by Gasteiger charge is 2.15. The zero-order valence-electron chi connectivity index (χ0n) is 12.4. The minimum absolute atomic E-state index is 0.644. The maximum Gasteiger partial charge on any atom is 0.161 e. The van der Waals surface area contributed by atoms with Crippen molar-refractivity contribution in [3.05, 3.63) is 35.5 Å². The molecule has 0 atom stereocenters. The zero-order chi connectivity index (χ0) is 14.7. The molecule has 0 radical (unpaired) electrons. The van der Waals surface area contributed by atoms with E-state index in [4.69, 9.17) is 15.5 Å². The number of nitrogen functional groups attached to an aromatic ring is 1. The molecule has 0 amide bonds. The highest BCUT2D eigenvalue weighted by molar-refractivity contribution is 5.60. The lowest BCUT2D eigenvalue weighted by atomic mass is 10.1. The van der Waals surface area contributed by atoms with E-state index in [-0.39, 0.29) is 0 Å². The fourth-order valence-corrected chi connectivity index (χ4v) is 2.80. The normalized spacial score (nSPS) is 14.3. The summed E-state index contributed by atoms with van der Waals surface area (Å²) in [6.45, 7) is 2.64. The van der Waals surface area contributed by atoms with Gasteiger partial charge in [-0.25, -0.2) is 9.97 Å². The van der Waals surface area contributed by atoms with Crippen molar-refractivity contribution in [2.45, 2.75) is 39.0 Å². The van der Waals surface area contributed by atoms with Gasteiger partial charge in [-0.2, -0.15) is 0 Å². The summed E-state index contributed by atoms with van der Waals surface area (Å²) in [7, 11) is 0. The molecule has 2 N–H and O–H groups in total. The van der Waals surface area contributed by atoms with E-state index in [2.05, 4.69) is 4.98 Å². The molecule has 0 fully saturated rings. The van der Waals surface area contributed by atoms with Crippen LogP contribution in [0.5, 0.6) is 5.75 Å². The van der Waals surface area contributed by atoms with Gasteiger partial charge in [0.05, 0.1) is 6.61 Å². The molecule has 3 rings (SSSR count). The lowest BCUT2D eigenvalue weighted by Crippen LogP contribution is -2.06. The molecule has 0 aliphatic heterocycles. The van der Waals surface area contributed by atoms with Crippen LogP contribution in [0.3, 0.4) is 0 Å². The SMILES string of the molecule is CCOc1ccc(-c2nc(N)c3c(n2)CCCCC3)cc1. The first-order valence-electron chi connectivity index (χ1n) is 7.66. The summed E-state index contributed by atoms with van der Waals surface area (Å²) in [4.78, 5) is 9.25. The van der Waals surface area contributed by atoms with E-state index in [9.17, 15) is 0 Å². The predicted molar refractivity (Wildman–Crippen MR) is 84.3 cm³/mol. The second-order valence-electron chi connectivity index (χ2n) is 5.38. The first kappa shape index (κ1) is 13.9. The molecule has 0 bridgehead atoms. The molecule has 0 unspecified atom stereocenters. The van der Waals surface area contributed by atoms with Crippen LogP contribution < -0.4 is 10.5 Å². The number of nitrogens with zero attached hydrogens (tertiary/aromatic N) is 2. The van der Waals surface area contributed by atoms with Crippen LogP contribution in [0.25, 0.3) is 11.4 Å². The molecule has 4 nitrogen and oxygen atoms in total. The number of benzene rings is 1. The van der Waals surface area contributed by atoms with Crippen molar-refractivity contribution in [2.24, 2.45) is 0 Å². The summed E-state index contributed by atoms with van der Waals surface area (Å²) in [6, 6.07) is 7.87. The molecule has 0 spiro atoms. The zero-order valence-corrected chi connectivity index (χ0v) is 12.4. The molecule has 0 saturated carbocycles. The van der Waals surface area contributed by atoms with E-state index in [1.54, 1.807) is 0 Å². The average Bonchev–Trinajstić information content (AvgIpc) is 2.74. The van der Waals surface area contributed by atoms with Gasteiger partial charge in [-0.3, -0.25) is 0 Å². The summed E-state index contributed by atoms with van der Waals surface area (Å²) >= 11 is 0. The number of nitrogens with two attached hydrogens (primary N) is 1. The molecule has 21 heavy (non-hydrogen) atoms. The van der Waals surface area contributed by atoms with Crippen molar-refractivity contribution in [3.8, 4) is 17.1 Å². The van der Waals surface area contributed by atoms with Crippen LogP contribution in [-0.2, 0) is 12.8 Å². The van der Waals surface area contributed by atoms with Gasteiger partial charge in [0, 0.05) is 16.8 Å². The summed E-state index contributed by atoms with van der Waals surface area (Å²) < 4.78 is 5.46. The molecular formula is C17H21N3O. The van der Waals surface area contributed by atoms with Crippen molar-refractivity contribution in [1.82, 2.24) is 9.97 Å². The number of aromatic nitrogens is 2. The first-order valence-corrected chi connectivity index (χ1v) is 7.66. The quantitative estimate of drug-likeness (QED) is 0.877. The van der Waals surface area contributed by atoms with Crippen LogP contribution in [0.15, 0.2) is 24.3 Å². The molecule has 2 aromatic rings. The third-order valence-corrected chi connectivity index (χ3v) is 3.89. The van der Waals surface area contributed by atoms with E-state index in [0.29, 0.717) is 12.4 Å². The smallest absolute Gasteiger partial charge is 0.161 e. The summed E-state index contributed by atoms with van der Waals surface area (Å²) in [5, 5.41) is 0. The number of aryl methyl sites for hydroxylation is 1. The largest absolute Gasteiger partial charge is 0.494 e. The van der Waals surface area contributed by atoms with Gasteiger partial charge in [-0.05, 0) is 56.9 Å². The minimum atomic E-state index is 0.644. The van der Waals surface area contributed by atoms with Crippen molar-refractivity contribution in [3.63, 3.8) is 0 Å². The van der Waals surface area contributed by atoms with Gasteiger partial charge in [-0.15, -0.1) is 0 Å². The topological polar surface area (TPSA) is 61.0 Å². The molecule has 1 aliphatic rings. The molecule has 4 heteroatoms. The van der Waals surface area contributed by atoms with E-state index in [0.717, 1.165) is 41.2 Å². The number of rotatable bonds is 3. The summed E-state index contributed by atoms with van der Waals surface area (Å²) in [6.07, 6.45) is 5.63. The average molecular weight is 283 g/mol. The van der Waals surface area contributed by atoms with Crippen LogP contribution in [0.2, 0.25) is 0 Å². The van der Waals surface area contributed by atoms with Gasteiger partial charge in [-0.1, -0.05) is 6.42 Å². The van der Waals surface area contributed by atoms with E-state index >= 15 is 0 Å². The molecule has 0 saturated heterocycles. The highest BCUT2D eigenvalue weighted by atomic mass is 16.5. The number of hydrogen-bond donors (Lipinski definition) is 1. The van der Waals surface area contributed by atoms with E-state index < -0.39 is 0 Å². The third kappa shape index (κ3) is 2.99. The van der Waals surface area contributed by atoms with Gasteiger partial charge in [0.1, 0.15) is 11.6 Å². The number of anilines is 1. The van der Waals surface area contributed by atoms with Crippen LogP contribution in [0, 0.1) is 0 Å². The Morgan fingerprint density at radius 2 is 1.81 bits per heavy atom. The van der Waals surface area contributed by atoms with E-state index in [1.807, 2.05) is 31.2 Å². The first-order chi connectivity index (χ1) is 10.3. The van der Waals surface area contributed by atoms with Crippen molar-refractivity contribution < 1.29 is 4.74 Å². The Hall–Kier alpha value is -2.10. The maximum atomic E-state index is 6.15. The predicted octanol–water partition coefficient (Wildman–Crippen LogP) is 3.39. The van der Waals surface area contributed by atoms with Crippen LogP contribution in [0.4, 0.5) is 5.82 Å². The molecule has 1 aliphatic carbocycles. The van der Waals surface area contributed by atoms with Crippen molar-refractivity contribution >= 4 is 5.82 Å². The molecule has 110 valence electrons. The lowest BCUT2D eigenvalue weighted by Gasteiger charge is -2.11. The number of ether oxygens (including phenoxy) is 1. The Bertz CT molecular complexity index is 623. The van der Waals surface area contributed by atoms with Crippen LogP contribution >= 0.6 is 0 Å². The highest BCUT2D eigenvalue weighted by Crippen LogP contribution is 2.27. The number of fused-ring (bicyclic) bond motifs is 1. The molecule has 1 heterocycles. The Labute approximate surface area is 125 Å². The van der Waals surface area contributed by atoms with E-state index in [1.165, 1.54) is 19.3 Å². The fraction of sp³-hybridized carbons (Fsp3) is 0.412. The van der Waals surface area contributed by atoms with Crippen molar-refractivity contribution in [1.29, 1.82) is 0 Å². The van der Waals surface area contributed by atoms with Crippen LogP contribution in [0.1, 0.15) is 37.4 Å².